The van der Waals surface area contributed by atoms with Gasteiger partial charge in [0.15, 0.2) is 5.78 Å². The molecule has 0 amide bonds. The maximum absolute atomic E-state index is 11.4. The molecule has 0 heterocycles. The number of Topliss-reactive ketones (excluding diaryl/α,β-unsaturated/α-hetero) is 1. The number of thiol groups is 1. The van der Waals surface area contributed by atoms with Gasteiger partial charge in [-0.2, -0.15) is 0 Å². The largest absolute Gasteiger partial charge is 0.398 e. The molecule has 70 valence electrons. The van der Waals surface area contributed by atoms with Gasteiger partial charge in [-0.1, -0.05) is 22.0 Å². The van der Waals surface area contributed by atoms with Crippen LogP contribution in [0.2, 0.25) is 0 Å². The van der Waals surface area contributed by atoms with E-state index in [9.17, 15) is 4.79 Å². The number of benzene rings is 1. The number of carbonyl (C=O) groups excluding carboxylic acids is 1. The Morgan fingerprint density at radius 2 is 2.23 bits per heavy atom. The third-order valence-corrected chi connectivity index (χ3v) is 2.47. The lowest BCUT2D eigenvalue weighted by molar-refractivity contribution is 0.0990. The molecule has 0 bridgehead atoms. The molecule has 0 saturated carbocycles. The number of alkyl halides is 1. The average molecular weight is 260 g/mol. The molecule has 1 aromatic rings. The number of hydrogen-bond acceptors (Lipinski definition) is 3. The van der Waals surface area contributed by atoms with Crippen molar-refractivity contribution in [3.8, 4) is 0 Å². The monoisotopic (exact) mass is 259 g/mol. The van der Waals surface area contributed by atoms with Crippen molar-refractivity contribution >= 4 is 40.0 Å². The van der Waals surface area contributed by atoms with Crippen LogP contribution in [0.4, 0.5) is 5.69 Å². The van der Waals surface area contributed by atoms with Gasteiger partial charge in [-0.25, -0.2) is 0 Å². The highest BCUT2D eigenvalue weighted by molar-refractivity contribution is 9.09. The van der Waals surface area contributed by atoms with E-state index in [1.54, 1.807) is 18.2 Å². The minimum absolute atomic E-state index is 0.0944. The molecular weight excluding hydrogens is 250 g/mol. The lowest BCUT2D eigenvalue weighted by atomic mass is 10.1. The maximum atomic E-state index is 11.4. The summed E-state index contributed by atoms with van der Waals surface area (Å²) in [4.78, 5) is 12.1. The fraction of sp³-hybridized carbons (Fsp3) is 0.222. The molecule has 0 unspecified atom stereocenters. The molecule has 0 radical (unpaired) electrons. The Balaban J connectivity index is 2.90. The molecule has 0 spiro atoms. The maximum Gasteiger partial charge on any atom is 0.163 e. The number of carbonyl (C=O) groups is 1. The zero-order valence-electron chi connectivity index (χ0n) is 6.96. The van der Waals surface area contributed by atoms with Crippen LogP contribution in [-0.2, 0) is 0 Å². The van der Waals surface area contributed by atoms with Gasteiger partial charge in [-0.3, -0.25) is 4.79 Å². The second-order valence-electron chi connectivity index (χ2n) is 2.64. The highest BCUT2D eigenvalue weighted by Gasteiger charge is 2.05. The van der Waals surface area contributed by atoms with Gasteiger partial charge in [0.2, 0.25) is 0 Å². The first-order chi connectivity index (χ1) is 6.15. The van der Waals surface area contributed by atoms with Crippen LogP contribution in [0.25, 0.3) is 0 Å². The normalized spacial score (nSPS) is 10.0. The molecular formula is C9H10BrNOS. The summed E-state index contributed by atoms with van der Waals surface area (Å²) in [5.41, 5.74) is 6.81. The summed E-state index contributed by atoms with van der Waals surface area (Å²) in [5, 5.41) is 0.675. The number of anilines is 1. The van der Waals surface area contributed by atoms with Crippen molar-refractivity contribution in [1.82, 2.24) is 0 Å². The lowest BCUT2D eigenvalue weighted by Crippen LogP contribution is -2.00. The Morgan fingerprint density at radius 1 is 1.54 bits per heavy atom. The molecule has 13 heavy (non-hydrogen) atoms. The van der Waals surface area contributed by atoms with E-state index in [0.29, 0.717) is 27.9 Å². The number of nitrogen functional groups attached to an aromatic ring is 1. The minimum atomic E-state index is 0.0944. The van der Waals surface area contributed by atoms with Gasteiger partial charge in [-0.05, 0) is 12.1 Å². The summed E-state index contributed by atoms with van der Waals surface area (Å²) < 4.78 is 0. The molecule has 0 fully saturated rings. The van der Waals surface area contributed by atoms with E-state index >= 15 is 0 Å². The Morgan fingerprint density at radius 3 is 2.77 bits per heavy atom. The van der Waals surface area contributed by atoms with E-state index in [1.165, 1.54) is 0 Å². The molecule has 0 aromatic heterocycles. The molecule has 1 rings (SSSR count). The van der Waals surface area contributed by atoms with Gasteiger partial charge in [0.1, 0.15) is 0 Å². The molecule has 0 saturated heterocycles. The second-order valence-corrected chi connectivity index (χ2v) is 3.91. The number of ketones is 1. The first kappa shape index (κ1) is 10.6. The van der Waals surface area contributed by atoms with Crippen LogP contribution in [0.15, 0.2) is 23.1 Å². The smallest absolute Gasteiger partial charge is 0.163 e. The molecule has 0 aliphatic rings. The van der Waals surface area contributed by atoms with Crippen molar-refractivity contribution in [3.63, 3.8) is 0 Å². The van der Waals surface area contributed by atoms with Crippen LogP contribution in [0, 0.1) is 0 Å². The van der Waals surface area contributed by atoms with E-state index in [0.717, 1.165) is 0 Å². The van der Waals surface area contributed by atoms with Crippen LogP contribution >= 0.6 is 28.6 Å². The molecule has 4 heteroatoms. The van der Waals surface area contributed by atoms with Gasteiger partial charge in [0, 0.05) is 27.9 Å². The molecule has 1 aromatic carbocycles. The summed E-state index contributed by atoms with van der Waals surface area (Å²) in [5.74, 6) is 0.0944. The Kier molecular flexibility index (Phi) is 3.81. The van der Waals surface area contributed by atoms with Crippen molar-refractivity contribution in [2.45, 2.75) is 11.3 Å². The third kappa shape index (κ3) is 2.74. The van der Waals surface area contributed by atoms with Gasteiger partial charge >= 0.3 is 0 Å². The van der Waals surface area contributed by atoms with Gasteiger partial charge in [0.05, 0.1) is 0 Å². The quantitative estimate of drug-likeness (QED) is 0.379. The van der Waals surface area contributed by atoms with Crippen LogP contribution in [0.1, 0.15) is 16.8 Å². The fourth-order valence-corrected chi connectivity index (χ4v) is 1.46. The summed E-state index contributed by atoms with van der Waals surface area (Å²) in [7, 11) is 0. The van der Waals surface area contributed by atoms with Crippen molar-refractivity contribution in [3.05, 3.63) is 23.8 Å². The first-order valence-corrected chi connectivity index (χ1v) is 5.39. The molecule has 2 nitrogen and oxygen atoms in total. The first-order valence-electron chi connectivity index (χ1n) is 3.83. The second kappa shape index (κ2) is 4.67. The van der Waals surface area contributed by atoms with E-state index in [-0.39, 0.29) is 5.78 Å². The Bertz CT molecular complexity index is 327. The predicted octanol–water partition coefficient (Wildman–Crippen LogP) is 2.53. The third-order valence-electron chi connectivity index (χ3n) is 1.67. The highest BCUT2D eigenvalue weighted by Crippen LogP contribution is 2.18. The summed E-state index contributed by atoms with van der Waals surface area (Å²) in [6, 6.07) is 5.14. The number of nitrogens with two attached hydrogens (primary N) is 1. The van der Waals surface area contributed by atoms with E-state index in [1.807, 2.05) is 0 Å². The number of halogens is 1. The van der Waals surface area contributed by atoms with E-state index < -0.39 is 0 Å². The number of hydrogen-bond donors (Lipinski definition) is 2. The standard InChI is InChI=1S/C9H10BrNOS/c10-4-3-8(12)6-1-2-9(13)7(11)5-6/h1-2,5,13H,3-4,11H2. The summed E-state index contributed by atoms with van der Waals surface area (Å²) in [6.07, 6.45) is 0.491. The SMILES string of the molecule is Nc1cc(C(=O)CCBr)ccc1S. The van der Waals surface area contributed by atoms with Gasteiger partial charge < -0.3 is 5.73 Å². The summed E-state index contributed by atoms with van der Waals surface area (Å²) >= 11 is 7.33. The van der Waals surface area contributed by atoms with Crippen LogP contribution in [0.3, 0.4) is 0 Å². The van der Waals surface area contributed by atoms with E-state index in [2.05, 4.69) is 28.6 Å². The van der Waals surface area contributed by atoms with Gasteiger partial charge in [0.25, 0.3) is 0 Å². The fourth-order valence-electron chi connectivity index (χ4n) is 0.958. The predicted molar refractivity (Wildman–Crippen MR) is 60.8 cm³/mol. The topological polar surface area (TPSA) is 43.1 Å². The highest BCUT2D eigenvalue weighted by atomic mass is 79.9. The number of rotatable bonds is 3. The molecule has 0 aliphatic heterocycles. The van der Waals surface area contributed by atoms with Crippen LogP contribution in [0.5, 0.6) is 0 Å². The minimum Gasteiger partial charge on any atom is -0.398 e. The molecule has 2 N–H and O–H groups in total. The van der Waals surface area contributed by atoms with E-state index in [4.69, 9.17) is 5.73 Å². The Labute approximate surface area is 91.1 Å². The van der Waals surface area contributed by atoms with Crippen molar-refractivity contribution < 1.29 is 4.79 Å². The van der Waals surface area contributed by atoms with Crippen molar-refractivity contribution in [1.29, 1.82) is 0 Å². The average Bonchev–Trinajstić information content (AvgIpc) is 2.10. The molecule has 0 aliphatic carbocycles. The zero-order chi connectivity index (χ0) is 9.84. The zero-order valence-corrected chi connectivity index (χ0v) is 9.44. The molecule has 0 atom stereocenters. The van der Waals surface area contributed by atoms with Crippen LogP contribution in [-0.4, -0.2) is 11.1 Å². The van der Waals surface area contributed by atoms with Crippen LogP contribution < -0.4 is 5.73 Å². The van der Waals surface area contributed by atoms with Crippen molar-refractivity contribution in [2.24, 2.45) is 0 Å². The Hall–Kier alpha value is -0.480. The lowest BCUT2D eigenvalue weighted by Gasteiger charge is -2.02. The van der Waals surface area contributed by atoms with Gasteiger partial charge in [-0.15, -0.1) is 12.6 Å². The summed E-state index contributed by atoms with van der Waals surface area (Å²) in [6.45, 7) is 0. The van der Waals surface area contributed by atoms with Crippen molar-refractivity contribution in [2.75, 3.05) is 11.1 Å².